The average molecular weight is 376 g/mol. The Labute approximate surface area is 152 Å². The minimum atomic E-state index is -4.53. The zero-order valence-electron chi connectivity index (χ0n) is 14.2. The molecular formula is C18H15F3N4O2. The number of alkyl halides is 3. The lowest BCUT2D eigenvalue weighted by Crippen LogP contribution is -2.15. The van der Waals surface area contributed by atoms with Crippen molar-refractivity contribution in [2.75, 3.05) is 11.9 Å². The molecule has 3 rings (SSSR count). The molecule has 0 aliphatic heterocycles. The summed E-state index contributed by atoms with van der Waals surface area (Å²) in [6, 6.07) is 5.91. The number of imidazole rings is 1. The number of nitrogens with zero attached hydrogens (tertiary/aromatic N) is 3. The Bertz CT molecular complexity index is 940. The molecule has 0 bridgehead atoms. The van der Waals surface area contributed by atoms with Crippen LogP contribution in [0.25, 0.3) is 5.82 Å². The molecule has 140 valence electrons. The third kappa shape index (κ3) is 4.25. The predicted octanol–water partition coefficient (Wildman–Crippen LogP) is 3.94. The molecule has 0 aliphatic rings. The van der Waals surface area contributed by atoms with Crippen LogP contribution < -0.4 is 10.1 Å². The Morgan fingerprint density at radius 2 is 2.04 bits per heavy atom. The van der Waals surface area contributed by atoms with E-state index in [1.54, 1.807) is 23.9 Å². The van der Waals surface area contributed by atoms with Crippen molar-refractivity contribution in [2.45, 2.75) is 13.1 Å². The van der Waals surface area contributed by atoms with E-state index in [1.165, 1.54) is 30.7 Å². The van der Waals surface area contributed by atoms with Gasteiger partial charge in [-0.2, -0.15) is 13.2 Å². The lowest BCUT2D eigenvalue weighted by Gasteiger charge is -2.15. The largest absolute Gasteiger partial charge is 0.492 e. The smallest absolute Gasteiger partial charge is 0.416 e. The van der Waals surface area contributed by atoms with Crippen LogP contribution in [-0.2, 0) is 6.18 Å². The molecule has 1 aromatic carbocycles. The molecule has 1 N–H and O–H groups in total. The summed E-state index contributed by atoms with van der Waals surface area (Å²) in [6.45, 7) is 1.94. The lowest BCUT2D eigenvalue weighted by atomic mass is 10.1. The van der Waals surface area contributed by atoms with Crippen LogP contribution in [0.1, 0.15) is 22.8 Å². The van der Waals surface area contributed by atoms with E-state index in [9.17, 15) is 18.0 Å². The molecule has 0 fully saturated rings. The van der Waals surface area contributed by atoms with Crippen molar-refractivity contribution in [2.24, 2.45) is 0 Å². The van der Waals surface area contributed by atoms with Gasteiger partial charge in [0, 0.05) is 24.2 Å². The summed E-state index contributed by atoms with van der Waals surface area (Å²) in [7, 11) is 0. The Morgan fingerprint density at radius 1 is 1.22 bits per heavy atom. The van der Waals surface area contributed by atoms with Gasteiger partial charge in [0.05, 0.1) is 17.9 Å². The Kier molecular flexibility index (Phi) is 5.11. The maximum atomic E-state index is 13.0. The summed E-state index contributed by atoms with van der Waals surface area (Å²) >= 11 is 0. The molecule has 9 heteroatoms. The van der Waals surface area contributed by atoms with Crippen LogP contribution >= 0.6 is 0 Å². The van der Waals surface area contributed by atoms with Crippen LogP contribution in [0.2, 0.25) is 0 Å². The van der Waals surface area contributed by atoms with E-state index < -0.39 is 17.6 Å². The van der Waals surface area contributed by atoms with E-state index in [-0.39, 0.29) is 23.6 Å². The van der Waals surface area contributed by atoms with Crippen molar-refractivity contribution in [3.8, 4) is 11.6 Å². The number of halogens is 3. The summed E-state index contributed by atoms with van der Waals surface area (Å²) in [5.74, 6) is 0.0241. The van der Waals surface area contributed by atoms with Crippen molar-refractivity contribution >= 4 is 11.6 Å². The van der Waals surface area contributed by atoms with Crippen LogP contribution in [0, 0.1) is 0 Å². The van der Waals surface area contributed by atoms with Gasteiger partial charge in [0.2, 0.25) is 0 Å². The molecule has 6 nitrogen and oxygen atoms in total. The number of aromatic nitrogens is 3. The number of benzene rings is 1. The van der Waals surface area contributed by atoms with Crippen molar-refractivity contribution in [1.82, 2.24) is 14.5 Å². The van der Waals surface area contributed by atoms with E-state index in [1.807, 2.05) is 0 Å². The minimum absolute atomic E-state index is 0.0577. The SMILES string of the molecule is CCOc1ccc(C(F)(F)F)cc1NC(=O)c1ccnc(-n2ccnc2)c1. The van der Waals surface area contributed by atoms with Crippen LogP contribution in [0.3, 0.4) is 0 Å². The van der Waals surface area contributed by atoms with Crippen LogP contribution in [0.4, 0.5) is 18.9 Å². The molecule has 1 amide bonds. The zero-order chi connectivity index (χ0) is 19.4. The molecule has 2 aromatic heterocycles. The zero-order valence-corrected chi connectivity index (χ0v) is 14.2. The topological polar surface area (TPSA) is 69.0 Å². The maximum absolute atomic E-state index is 13.0. The van der Waals surface area contributed by atoms with E-state index in [0.717, 1.165) is 12.1 Å². The lowest BCUT2D eigenvalue weighted by molar-refractivity contribution is -0.137. The molecule has 0 aliphatic carbocycles. The fourth-order valence-corrected chi connectivity index (χ4v) is 2.38. The molecule has 0 atom stereocenters. The van der Waals surface area contributed by atoms with Crippen LogP contribution in [0.15, 0.2) is 55.2 Å². The van der Waals surface area contributed by atoms with Crippen molar-refractivity contribution < 1.29 is 22.7 Å². The number of pyridine rings is 1. The summed E-state index contributed by atoms with van der Waals surface area (Å²) < 4.78 is 45.9. The summed E-state index contributed by atoms with van der Waals surface area (Å²) in [5, 5.41) is 2.48. The number of ether oxygens (including phenoxy) is 1. The van der Waals surface area contributed by atoms with Gasteiger partial charge in [0.25, 0.3) is 5.91 Å². The van der Waals surface area contributed by atoms with Gasteiger partial charge in [-0.15, -0.1) is 0 Å². The second-order valence-electron chi connectivity index (χ2n) is 5.47. The molecule has 0 saturated carbocycles. The van der Waals surface area contributed by atoms with Crippen LogP contribution in [0.5, 0.6) is 5.75 Å². The monoisotopic (exact) mass is 376 g/mol. The van der Waals surface area contributed by atoms with Gasteiger partial charge in [-0.05, 0) is 37.3 Å². The highest BCUT2D eigenvalue weighted by atomic mass is 19.4. The average Bonchev–Trinajstić information content (AvgIpc) is 3.17. The van der Waals surface area contributed by atoms with Gasteiger partial charge in [0.15, 0.2) is 0 Å². The highest BCUT2D eigenvalue weighted by molar-refractivity contribution is 6.05. The molecule has 0 saturated heterocycles. The first-order valence-corrected chi connectivity index (χ1v) is 7.98. The first-order valence-electron chi connectivity index (χ1n) is 7.98. The maximum Gasteiger partial charge on any atom is 0.416 e. The third-order valence-corrected chi connectivity index (χ3v) is 3.63. The van der Waals surface area contributed by atoms with Gasteiger partial charge in [-0.25, -0.2) is 9.97 Å². The molecule has 0 radical (unpaired) electrons. The van der Waals surface area contributed by atoms with E-state index in [2.05, 4.69) is 15.3 Å². The fraction of sp³-hybridized carbons (Fsp3) is 0.167. The third-order valence-electron chi connectivity index (χ3n) is 3.63. The Morgan fingerprint density at radius 3 is 2.70 bits per heavy atom. The second-order valence-corrected chi connectivity index (χ2v) is 5.47. The summed E-state index contributed by atoms with van der Waals surface area (Å²) in [5.41, 5.74) is -0.707. The Balaban J connectivity index is 1.90. The van der Waals surface area contributed by atoms with Gasteiger partial charge in [-0.1, -0.05) is 0 Å². The van der Waals surface area contributed by atoms with Gasteiger partial charge in [-0.3, -0.25) is 9.36 Å². The van der Waals surface area contributed by atoms with Gasteiger partial charge >= 0.3 is 6.18 Å². The molecule has 27 heavy (non-hydrogen) atoms. The number of carbonyl (C=O) groups excluding carboxylic acids is 1. The molecule has 0 unspecified atom stereocenters. The normalized spacial score (nSPS) is 11.3. The molecule has 3 aromatic rings. The standard InChI is InChI=1S/C18H15F3N4O2/c1-2-27-15-4-3-13(18(19,20)21)10-14(15)24-17(26)12-5-6-23-16(9-12)25-8-7-22-11-25/h3-11H,2H2,1H3,(H,24,26). The number of anilines is 1. The van der Waals surface area contributed by atoms with Crippen molar-refractivity contribution in [1.29, 1.82) is 0 Å². The predicted molar refractivity (Wildman–Crippen MR) is 91.9 cm³/mol. The summed E-state index contributed by atoms with van der Waals surface area (Å²) in [4.78, 5) is 20.6. The number of hydrogen-bond donors (Lipinski definition) is 1. The molecule has 0 spiro atoms. The number of amides is 1. The number of nitrogens with one attached hydrogen (secondary N) is 1. The minimum Gasteiger partial charge on any atom is -0.492 e. The number of hydrogen-bond acceptors (Lipinski definition) is 4. The van der Waals surface area contributed by atoms with E-state index >= 15 is 0 Å². The van der Waals surface area contributed by atoms with E-state index in [4.69, 9.17) is 4.74 Å². The summed E-state index contributed by atoms with van der Waals surface area (Å²) in [6.07, 6.45) is 1.63. The molecular weight excluding hydrogens is 361 g/mol. The van der Waals surface area contributed by atoms with Gasteiger partial charge < -0.3 is 10.1 Å². The van der Waals surface area contributed by atoms with Gasteiger partial charge in [0.1, 0.15) is 17.9 Å². The number of rotatable bonds is 5. The first kappa shape index (κ1) is 18.4. The van der Waals surface area contributed by atoms with Crippen molar-refractivity contribution in [3.05, 3.63) is 66.4 Å². The van der Waals surface area contributed by atoms with E-state index in [0.29, 0.717) is 5.82 Å². The highest BCUT2D eigenvalue weighted by Crippen LogP contribution is 2.35. The number of carbonyl (C=O) groups is 1. The second kappa shape index (κ2) is 7.48. The first-order chi connectivity index (χ1) is 12.9. The fourth-order valence-electron chi connectivity index (χ4n) is 2.38. The quantitative estimate of drug-likeness (QED) is 0.732. The highest BCUT2D eigenvalue weighted by Gasteiger charge is 2.31. The molecule has 2 heterocycles. The van der Waals surface area contributed by atoms with Crippen LogP contribution in [-0.4, -0.2) is 27.0 Å². The Hall–Kier alpha value is -3.36. The van der Waals surface area contributed by atoms with Crippen molar-refractivity contribution in [3.63, 3.8) is 0 Å².